The lowest BCUT2D eigenvalue weighted by Gasteiger charge is -2.17. The van der Waals surface area contributed by atoms with Gasteiger partial charge in [-0.05, 0) is 54.6 Å². The third-order valence-corrected chi connectivity index (χ3v) is 6.32. The number of amides is 2. The van der Waals surface area contributed by atoms with Crippen molar-refractivity contribution in [3.63, 3.8) is 0 Å². The second-order valence-corrected chi connectivity index (χ2v) is 8.54. The summed E-state index contributed by atoms with van der Waals surface area (Å²) in [4.78, 5) is 25.5. The van der Waals surface area contributed by atoms with E-state index in [1.54, 1.807) is 28.9 Å². The third-order valence-electron chi connectivity index (χ3n) is 5.24. The van der Waals surface area contributed by atoms with Gasteiger partial charge in [0.1, 0.15) is 5.82 Å². The molecule has 8 heteroatoms. The summed E-state index contributed by atoms with van der Waals surface area (Å²) in [6.45, 7) is 0.233. The van der Waals surface area contributed by atoms with Gasteiger partial charge in [-0.15, -0.1) is 11.8 Å². The molecule has 0 spiro atoms. The average Bonchev–Trinajstić information content (AvgIpc) is 3.27. The first-order chi connectivity index (χ1) is 16.1. The van der Waals surface area contributed by atoms with E-state index in [0.29, 0.717) is 22.7 Å². The van der Waals surface area contributed by atoms with Gasteiger partial charge in [0.25, 0.3) is 5.91 Å². The summed E-state index contributed by atoms with van der Waals surface area (Å²) in [7, 11) is 0. The average molecular weight is 459 g/mol. The van der Waals surface area contributed by atoms with Gasteiger partial charge in [-0.1, -0.05) is 18.2 Å². The van der Waals surface area contributed by atoms with Crippen LogP contribution in [0.3, 0.4) is 0 Å². The number of thioether (sulfide) groups is 1. The fraction of sp³-hybridized carbons (Fsp3) is 0.0800. The maximum absolute atomic E-state index is 13.4. The van der Waals surface area contributed by atoms with Gasteiger partial charge < -0.3 is 10.6 Å². The Labute approximate surface area is 193 Å². The number of rotatable bonds is 5. The van der Waals surface area contributed by atoms with Gasteiger partial charge >= 0.3 is 0 Å². The fourth-order valence-electron chi connectivity index (χ4n) is 3.60. The molecule has 0 saturated carbocycles. The van der Waals surface area contributed by atoms with Crippen LogP contribution in [0.15, 0.2) is 83.9 Å². The minimum atomic E-state index is -0.325. The van der Waals surface area contributed by atoms with Crippen LogP contribution in [0.25, 0.3) is 16.9 Å². The maximum atomic E-state index is 13.4. The van der Waals surface area contributed by atoms with Crippen LogP contribution in [0.2, 0.25) is 0 Å². The topological polar surface area (TPSA) is 76.0 Å². The van der Waals surface area contributed by atoms with Crippen molar-refractivity contribution in [1.82, 2.24) is 15.1 Å². The number of fused-ring (bicyclic) bond motifs is 1. The molecule has 6 nitrogen and oxygen atoms in total. The SMILES string of the molecule is O=C1CSc2ccc(C(=O)NCc3cn(-c4ccccc4)nc3-c3ccc(F)cc3)cc2N1. The first kappa shape index (κ1) is 21.0. The molecule has 164 valence electrons. The zero-order valence-corrected chi connectivity index (χ0v) is 18.2. The van der Waals surface area contributed by atoms with Crippen LogP contribution in [-0.4, -0.2) is 27.3 Å². The van der Waals surface area contributed by atoms with Crippen molar-refractivity contribution in [1.29, 1.82) is 0 Å². The van der Waals surface area contributed by atoms with Crippen LogP contribution in [-0.2, 0) is 11.3 Å². The number of aromatic nitrogens is 2. The predicted octanol–water partition coefficient (Wildman–Crippen LogP) is 4.65. The van der Waals surface area contributed by atoms with Crippen LogP contribution < -0.4 is 10.6 Å². The second-order valence-electron chi connectivity index (χ2n) is 7.52. The predicted molar refractivity (Wildman–Crippen MR) is 126 cm³/mol. The molecule has 2 amide bonds. The van der Waals surface area contributed by atoms with E-state index in [1.165, 1.54) is 23.9 Å². The molecule has 1 aromatic heterocycles. The number of hydrogen-bond donors (Lipinski definition) is 2. The Morgan fingerprint density at radius 1 is 1.09 bits per heavy atom. The maximum Gasteiger partial charge on any atom is 0.251 e. The molecule has 2 heterocycles. The fourth-order valence-corrected chi connectivity index (χ4v) is 4.39. The van der Waals surface area contributed by atoms with Gasteiger partial charge in [0.05, 0.1) is 22.8 Å². The largest absolute Gasteiger partial charge is 0.348 e. The van der Waals surface area contributed by atoms with Gasteiger partial charge in [-0.2, -0.15) is 5.10 Å². The van der Waals surface area contributed by atoms with E-state index < -0.39 is 0 Å². The van der Waals surface area contributed by atoms with E-state index in [2.05, 4.69) is 15.7 Å². The van der Waals surface area contributed by atoms with Gasteiger partial charge in [-0.3, -0.25) is 9.59 Å². The highest BCUT2D eigenvalue weighted by atomic mass is 32.2. The number of hydrogen-bond acceptors (Lipinski definition) is 4. The smallest absolute Gasteiger partial charge is 0.251 e. The molecule has 0 bridgehead atoms. The number of nitrogens with zero attached hydrogens (tertiary/aromatic N) is 2. The van der Waals surface area contributed by atoms with Crippen LogP contribution >= 0.6 is 11.8 Å². The van der Waals surface area contributed by atoms with Crippen molar-refractivity contribution in [2.75, 3.05) is 11.1 Å². The molecular weight excluding hydrogens is 439 g/mol. The molecular formula is C25H19FN4O2S. The number of carbonyl (C=O) groups is 2. The van der Waals surface area contributed by atoms with E-state index in [0.717, 1.165) is 21.7 Å². The van der Waals surface area contributed by atoms with Crippen molar-refractivity contribution in [3.8, 4) is 16.9 Å². The first-order valence-corrected chi connectivity index (χ1v) is 11.3. The summed E-state index contributed by atoms with van der Waals surface area (Å²) in [6, 6.07) is 21.0. The summed E-state index contributed by atoms with van der Waals surface area (Å²) in [5.41, 5.74) is 4.18. The van der Waals surface area contributed by atoms with Crippen molar-refractivity contribution in [2.24, 2.45) is 0 Å². The lowest BCUT2D eigenvalue weighted by molar-refractivity contribution is -0.113. The molecule has 3 aromatic carbocycles. The monoisotopic (exact) mass is 458 g/mol. The quantitative estimate of drug-likeness (QED) is 0.456. The number of anilines is 1. The summed E-state index contributed by atoms with van der Waals surface area (Å²) in [6.07, 6.45) is 1.86. The first-order valence-electron chi connectivity index (χ1n) is 10.3. The second kappa shape index (κ2) is 8.91. The molecule has 0 atom stereocenters. The van der Waals surface area contributed by atoms with Crippen molar-refractivity contribution >= 4 is 29.3 Å². The molecule has 0 fully saturated rings. The Balaban J connectivity index is 1.41. The van der Waals surface area contributed by atoms with Gasteiger partial charge in [0.2, 0.25) is 5.91 Å². The molecule has 4 aromatic rings. The number of para-hydroxylation sites is 1. The molecule has 1 aliphatic rings. The Morgan fingerprint density at radius 2 is 1.88 bits per heavy atom. The Bertz CT molecular complexity index is 1340. The minimum absolute atomic E-state index is 0.0812. The van der Waals surface area contributed by atoms with E-state index >= 15 is 0 Å². The van der Waals surface area contributed by atoms with E-state index in [-0.39, 0.29) is 24.2 Å². The molecule has 1 aliphatic heterocycles. The standard InChI is InChI=1S/C25H19FN4O2S/c26-19-9-6-16(7-10-19)24-18(14-30(29-24)20-4-2-1-3-5-20)13-27-25(32)17-8-11-22-21(12-17)28-23(31)15-33-22/h1-12,14H,13,15H2,(H,27,32)(H,28,31). The molecule has 2 N–H and O–H groups in total. The number of halogens is 1. The number of benzene rings is 3. The van der Waals surface area contributed by atoms with Crippen LogP contribution in [0.5, 0.6) is 0 Å². The summed E-state index contributed by atoms with van der Waals surface area (Å²) in [5.74, 6) is -0.299. The molecule has 0 unspecified atom stereocenters. The highest BCUT2D eigenvalue weighted by Crippen LogP contribution is 2.32. The van der Waals surface area contributed by atoms with E-state index in [9.17, 15) is 14.0 Å². The van der Waals surface area contributed by atoms with Crippen LogP contribution in [0.1, 0.15) is 15.9 Å². The molecule has 0 radical (unpaired) electrons. The summed E-state index contributed by atoms with van der Waals surface area (Å²) in [5, 5.41) is 10.4. The highest BCUT2D eigenvalue weighted by molar-refractivity contribution is 8.00. The van der Waals surface area contributed by atoms with E-state index in [1.807, 2.05) is 42.6 Å². The van der Waals surface area contributed by atoms with Gasteiger partial charge in [0.15, 0.2) is 0 Å². The minimum Gasteiger partial charge on any atom is -0.348 e. The van der Waals surface area contributed by atoms with E-state index in [4.69, 9.17) is 0 Å². The van der Waals surface area contributed by atoms with Gasteiger partial charge in [0, 0.05) is 34.3 Å². The highest BCUT2D eigenvalue weighted by Gasteiger charge is 2.18. The summed E-state index contributed by atoms with van der Waals surface area (Å²) >= 11 is 1.45. The Morgan fingerprint density at radius 3 is 2.67 bits per heavy atom. The zero-order valence-electron chi connectivity index (χ0n) is 17.4. The van der Waals surface area contributed by atoms with Crippen molar-refractivity contribution in [2.45, 2.75) is 11.4 Å². The lowest BCUT2D eigenvalue weighted by atomic mass is 10.1. The van der Waals surface area contributed by atoms with Gasteiger partial charge in [-0.25, -0.2) is 9.07 Å². The zero-order chi connectivity index (χ0) is 22.8. The third kappa shape index (κ3) is 4.51. The lowest BCUT2D eigenvalue weighted by Crippen LogP contribution is -2.24. The Kier molecular flexibility index (Phi) is 5.66. The van der Waals surface area contributed by atoms with Crippen molar-refractivity contribution < 1.29 is 14.0 Å². The van der Waals surface area contributed by atoms with Crippen molar-refractivity contribution in [3.05, 3.63) is 95.9 Å². The number of carbonyl (C=O) groups excluding carboxylic acids is 2. The molecule has 33 heavy (non-hydrogen) atoms. The molecule has 0 aliphatic carbocycles. The molecule has 0 saturated heterocycles. The summed E-state index contributed by atoms with van der Waals surface area (Å²) < 4.78 is 15.2. The number of nitrogens with one attached hydrogen (secondary N) is 2. The Hall–Kier alpha value is -3.91. The van der Waals surface area contributed by atoms with Crippen LogP contribution in [0, 0.1) is 5.82 Å². The normalized spacial score (nSPS) is 12.7. The van der Waals surface area contributed by atoms with Crippen LogP contribution in [0.4, 0.5) is 10.1 Å². The molecule has 5 rings (SSSR count).